The second kappa shape index (κ2) is 22.9. The third kappa shape index (κ3) is 11.1. The molecule has 0 radical (unpaired) electrons. The van der Waals surface area contributed by atoms with E-state index in [0.717, 1.165) is 7.11 Å². The number of hydrogen-bond donors (Lipinski definition) is 15. The number of hydrogen-bond acceptors (Lipinski definition) is 27. The van der Waals surface area contributed by atoms with E-state index < -0.39 is 197 Å². The molecule has 6 fully saturated rings. The maximum Gasteiger partial charge on any atom is 0.335 e. The number of aliphatic hydroxyl groups is 14. The van der Waals surface area contributed by atoms with Crippen LogP contribution >= 0.6 is 0 Å². The molecule has 6 rings (SSSR count). The van der Waals surface area contributed by atoms with Crippen LogP contribution in [0.15, 0.2) is 0 Å². The average Bonchev–Trinajstić information content (AvgIpc) is 3.29. The molecule has 0 spiro atoms. The van der Waals surface area contributed by atoms with Crippen molar-refractivity contribution in [1.82, 2.24) is 0 Å². The van der Waals surface area contributed by atoms with Gasteiger partial charge in [0.1, 0.15) is 116 Å². The lowest BCUT2D eigenvalue weighted by Gasteiger charge is -2.50. The zero-order valence-corrected chi connectivity index (χ0v) is 37.0. The molecule has 0 aromatic heterocycles. The number of methoxy groups -OCH3 is 2. The molecule has 15 N–H and O–H groups in total. The molecule has 5 aliphatic heterocycles. The molecular formula is C39H66O28. The second-order valence-electron chi connectivity index (χ2n) is 17.7. The molecule has 67 heavy (non-hydrogen) atoms. The van der Waals surface area contributed by atoms with Gasteiger partial charge in [0.05, 0.1) is 37.6 Å². The van der Waals surface area contributed by atoms with Gasteiger partial charge in [0, 0.05) is 14.2 Å². The molecule has 30 atom stereocenters. The number of aliphatic carboxylic acids is 1. The number of aliphatic hydroxyl groups excluding tert-OH is 14. The summed E-state index contributed by atoms with van der Waals surface area (Å²) < 4.78 is 68.1. The van der Waals surface area contributed by atoms with Gasteiger partial charge in [-0.1, -0.05) is 6.92 Å². The smallest absolute Gasteiger partial charge is 0.335 e. The molecule has 0 bridgehead atoms. The summed E-state index contributed by atoms with van der Waals surface area (Å²) in [5.74, 6) is -2.23. The lowest BCUT2D eigenvalue weighted by atomic mass is 9.81. The van der Waals surface area contributed by atoms with E-state index in [1.165, 1.54) is 21.0 Å². The summed E-state index contributed by atoms with van der Waals surface area (Å²) in [6.07, 6.45) is -50.8. The van der Waals surface area contributed by atoms with Gasteiger partial charge in [-0.2, -0.15) is 0 Å². The average molecular weight is 983 g/mol. The van der Waals surface area contributed by atoms with E-state index in [1.807, 2.05) is 0 Å². The lowest BCUT2D eigenvalue weighted by Crippen LogP contribution is -2.68. The van der Waals surface area contributed by atoms with Gasteiger partial charge in [0.15, 0.2) is 37.6 Å². The van der Waals surface area contributed by atoms with Crippen molar-refractivity contribution in [2.45, 2.75) is 205 Å². The number of carboxylic acid groups (broad SMARTS) is 1. The summed E-state index contributed by atoms with van der Waals surface area (Å²) in [5.41, 5.74) is 0. The Bertz CT molecular complexity index is 1570. The molecule has 5 saturated heterocycles. The maximum atomic E-state index is 12.8. The first-order chi connectivity index (χ1) is 31.6. The van der Waals surface area contributed by atoms with Crippen molar-refractivity contribution in [3.63, 3.8) is 0 Å². The summed E-state index contributed by atoms with van der Waals surface area (Å²) in [4.78, 5) is 12.8. The van der Waals surface area contributed by atoms with Crippen LogP contribution in [0.3, 0.4) is 0 Å². The van der Waals surface area contributed by atoms with Crippen LogP contribution in [0.5, 0.6) is 0 Å². The van der Waals surface area contributed by atoms with Crippen LogP contribution in [0, 0.1) is 5.92 Å². The zero-order valence-electron chi connectivity index (χ0n) is 37.0. The first kappa shape index (κ1) is 54.8. The molecule has 390 valence electrons. The molecule has 6 aliphatic rings. The van der Waals surface area contributed by atoms with Crippen LogP contribution in [0.4, 0.5) is 0 Å². The van der Waals surface area contributed by atoms with Gasteiger partial charge >= 0.3 is 5.97 Å². The van der Waals surface area contributed by atoms with E-state index >= 15 is 0 Å². The van der Waals surface area contributed by atoms with Gasteiger partial charge in [0.25, 0.3) is 0 Å². The second-order valence-corrected chi connectivity index (χ2v) is 17.7. The van der Waals surface area contributed by atoms with Crippen LogP contribution in [0.25, 0.3) is 0 Å². The molecule has 30 unspecified atom stereocenters. The van der Waals surface area contributed by atoms with Crippen molar-refractivity contribution in [3.05, 3.63) is 0 Å². The van der Waals surface area contributed by atoms with Gasteiger partial charge in [-0.15, -0.1) is 0 Å². The number of carbonyl (C=O) groups is 1. The minimum absolute atomic E-state index is 0.0723. The minimum Gasteiger partial charge on any atom is -0.479 e. The van der Waals surface area contributed by atoms with Crippen molar-refractivity contribution in [3.8, 4) is 0 Å². The van der Waals surface area contributed by atoms with Crippen LogP contribution < -0.4 is 0 Å². The van der Waals surface area contributed by atoms with Gasteiger partial charge in [-0.05, 0) is 26.2 Å². The van der Waals surface area contributed by atoms with E-state index in [4.69, 9.17) is 56.8 Å². The van der Waals surface area contributed by atoms with E-state index in [2.05, 4.69) is 0 Å². The molecule has 28 nitrogen and oxygen atoms in total. The summed E-state index contributed by atoms with van der Waals surface area (Å²) in [7, 11) is 2.47. The van der Waals surface area contributed by atoms with Crippen LogP contribution in [-0.2, 0) is 61.6 Å². The van der Waals surface area contributed by atoms with Gasteiger partial charge in [-0.25, -0.2) is 4.79 Å². The highest BCUT2D eigenvalue weighted by Crippen LogP contribution is 2.38. The molecule has 28 heteroatoms. The van der Waals surface area contributed by atoms with Gasteiger partial charge in [-0.3, -0.25) is 0 Å². The SMILES string of the molecule is COC1OC(CO)C(O)C(OC2OC(C(=O)O)C(OC3OC(C)C(O)C(O)C3OC3OC(CO)C(O)C(OC4CC(C)C(OC)C(O)C4O)C3O)C(O)C2O)C1OC1OC(C)C(O)C(O)C1O. The minimum atomic E-state index is -2.31. The Labute approximate surface area is 382 Å². The molecule has 1 aliphatic carbocycles. The standard InChI is InChI=1S/C39H66O28/c1-9-6-12(17(44)22(49)27(9)56-4)60-28-18(45)13(7-40)61-37(26(28)53)65-31-21(48)16(43)11(3)59-39(31)64-30-23(50)25(52)36(66-32(30)34(54)55)63-29-19(46)14(8-41)62-38(57-5)33(29)67-35-24(51)20(47)15(42)10(2)58-35/h9-33,35-53H,6-8H2,1-5H3,(H,54,55). The molecule has 5 heterocycles. The van der Waals surface area contributed by atoms with Crippen molar-refractivity contribution < 1.29 is 138 Å². The maximum absolute atomic E-state index is 12.8. The van der Waals surface area contributed by atoms with E-state index in [9.17, 15) is 81.4 Å². The largest absolute Gasteiger partial charge is 0.479 e. The van der Waals surface area contributed by atoms with Crippen LogP contribution in [-0.4, -0.2) is 288 Å². The monoisotopic (exact) mass is 982 g/mol. The fraction of sp³-hybridized carbons (Fsp3) is 0.974. The Kier molecular flexibility index (Phi) is 18.7. The zero-order chi connectivity index (χ0) is 49.5. The Morgan fingerprint density at radius 2 is 0.896 bits per heavy atom. The molecular weight excluding hydrogens is 916 g/mol. The molecule has 0 amide bonds. The summed E-state index contributed by atoms with van der Waals surface area (Å²) in [6, 6.07) is 0. The van der Waals surface area contributed by atoms with Gasteiger partial charge in [0.2, 0.25) is 0 Å². The fourth-order valence-electron chi connectivity index (χ4n) is 9.26. The van der Waals surface area contributed by atoms with Crippen LogP contribution in [0.1, 0.15) is 27.2 Å². The van der Waals surface area contributed by atoms with E-state index in [0.29, 0.717) is 0 Å². The first-order valence-corrected chi connectivity index (χ1v) is 21.8. The number of rotatable bonds is 15. The Morgan fingerprint density at radius 1 is 0.433 bits per heavy atom. The third-order valence-electron chi connectivity index (χ3n) is 13.2. The van der Waals surface area contributed by atoms with Crippen molar-refractivity contribution in [2.75, 3.05) is 27.4 Å². The van der Waals surface area contributed by atoms with Crippen molar-refractivity contribution >= 4 is 5.97 Å². The fourth-order valence-corrected chi connectivity index (χ4v) is 9.26. The summed E-state index contributed by atoms with van der Waals surface area (Å²) in [6.45, 7) is 2.59. The molecule has 1 saturated carbocycles. The van der Waals surface area contributed by atoms with Crippen LogP contribution in [0.2, 0.25) is 0 Å². The topological polar surface area (TPSA) is 431 Å². The highest BCUT2D eigenvalue weighted by molar-refractivity contribution is 5.73. The predicted molar refractivity (Wildman–Crippen MR) is 208 cm³/mol. The summed E-state index contributed by atoms with van der Waals surface area (Å²) in [5, 5.41) is 162. The quantitative estimate of drug-likeness (QED) is 0.0724. The van der Waals surface area contributed by atoms with E-state index in [1.54, 1.807) is 6.92 Å². The van der Waals surface area contributed by atoms with E-state index in [-0.39, 0.29) is 12.3 Å². The highest BCUT2D eigenvalue weighted by Gasteiger charge is 2.58. The number of ether oxygens (including phenoxy) is 12. The first-order valence-electron chi connectivity index (χ1n) is 21.8. The van der Waals surface area contributed by atoms with Crippen molar-refractivity contribution in [2.24, 2.45) is 5.92 Å². The lowest BCUT2D eigenvalue weighted by molar-refractivity contribution is -0.400. The third-order valence-corrected chi connectivity index (χ3v) is 13.2. The normalized spacial score (nSPS) is 53.3. The predicted octanol–water partition coefficient (Wildman–Crippen LogP) is -8.95. The van der Waals surface area contributed by atoms with Gasteiger partial charge < -0.3 is 133 Å². The Hall–Kier alpha value is -1.57. The highest BCUT2D eigenvalue weighted by atomic mass is 16.8. The molecule has 0 aromatic carbocycles. The Morgan fingerprint density at radius 3 is 1.48 bits per heavy atom. The Balaban J connectivity index is 1.22. The number of carboxylic acids is 1. The van der Waals surface area contributed by atoms with Crippen molar-refractivity contribution in [1.29, 1.82) is 0 Å². The summed E-state index contributed by atoms with van der Waals surface area (Å²) >= 11 is 0. The molecule has 0 aromatic rings.